The predicted octanol–water partition coefficient (Wildman–Crippen LogP) is 1.73. The smallest absolute Gasteiger partial charge is 0.263 e. The Labute approximate surface area is 113 Å². The van der Waals surface area contributed by atoms with Gasteiger partial charge in [-0.3, -0.25) is 14.5 Å². The first-order valence-electron chi connectivity index (χ1n) is 6.60. The maximum Gasteiger partial charge on any atom is 0.263 e. The van der Waals surface area contributed by atoms with Gasteiger partial charge in [-0.25, -0.2) is 0 Å². The fourth-order valence-corrected chi connectivity index (χ4v) is 2.53. The van der Waals surface area contributed by atoms with E-state index in [0.717, 1.165) is 18.8 Å². The van der Waals surface area contributed by atoms with Crippen LogP contribution in [0, 0.1) is 0 Å². The largest absolute Gasteiger partial charge is 0.398 e. The summed E-state index contributed by atoms with van der Waals surface area (Å²) in [6.45, 7) is 7.75. The lowest BCUT2D eigenvalue weighted by atomic mass is 10.0. The van der Waals surface area contributed by atoms with Crippen molar-refractivity contribution in [1.82, 2.24) is 4.90 Å². The van der Waals surface area contributed by atoms with Gasteiger partial charge in [0.25, 0.3) is 11.8 Å². The Kier molecular flexibility index (Phi) is 3.46. The molecule has 19 heavy (non-hydrogen) atoms. The number of hydrogen-bond donors (Lipinski definition) is 1. The topological polar surface area (TPSA) is 66.6 Å². The van der Waals surface area contributed by atoms with E-state index in [1.54, 1.807) is 13.0 Å². The monoisotopic (exact) mass is 261 g/mol. The lowest BCUT2D eigenvalue weighted by Crippen LogP contribution is -2.30. The zero-order valence-electron chi connectivity index (χ0n) is 11.6. The van der Waals surface area contributed by atoms with Gasteiger partial charge < -0.3 is 10.6 Å². The first-order chi connectivity index (χ1) is 9.06. The normalized spacial score (nSPS) is 13.9. The Balaban J connectivity index is 2.65. The number of benzene rings is 1. The predicted molar refractivity (Wildman–Crippen MR) is 75.5 cm³/mol. The molecule has 5 nitrogen and oxygen atoms in total. The van der Waals surface area contributed by atoms with Gasteiger partial charge in [-0.2, -0.15) is 0 Å². The Morgan fingerprint density at radius 3 is 2.16 bits per heavy atom. The van der Waals surface area contributed by atoms with Crippen LogP contribution in [0.3, 0.4) is 0 Å². The van der Waals surface area contributed by atoms with Gasteiger partial charge in [-0.05, 0) is 32.9 Å². The molecule has 2 amide bonds. The average Bonchev–Trinajstić information content (AvgIpc) is 2.66. The van der Waals surface area contributed by atoms with Crippen molar-refractivity contribution in [3.63, 3.8) is 0 Å². The van der Waals surface area contributed by atoms with Crippen molar-refractivity contribution in [3.8, 4) is 0 Å². The van der Waals surface area contributed by atoms with Crippen molar-refractivity contribution in [3.05, 3.63) is 23.3 Å². The molecule has 0 aromatic heterocycles. The van der Waals surface area contributed by atoms with Crippen LogP contribution < -0.4 is 10.6 Å². The number of nitrogens with zero attached hydrogens (tertiary/aromatic N) is 2. The molecule has 1 heterocycles. The molecule has 0 spiro atoms. The maximum atomic E-state index is 12.4. The molecule has 1 aliphatic heterocycles. The first-order valence-corrected chi connectivity index (χ1v) is 6.60. The van der Waals surface area contributed by atoms with Crippen LogP contribution in [0.2, 0.25) is 0 Å². The highest BCUT2D eigenvalue weighted by Gasteiger charge is 2.38. The van der Waals surface area contributed by atoms with Crippen LogP contribution in [-0.2, 0) is 0 Å². The molecule has 1 aromatic carbocycles. The Hall–Kier alpha value is -2.04. The summed E-state index contributed by atoms with van der Waals surface area (Å²) in [6.07, 6.45) is 0. The van der Waals surface area contributed by atoms with E-state index in [1.807, 2.05) is 19.9 Å². The molecule has 5 heteroatoms. The quantitative estimate of drug-likeness (QED) is 0.662. The highest BCUT2D eigenvalue weighted by Crippen LogP contribution is 2.35. The fraction of sp³-hybridized carbons (Fsp3) is 0.429. The lowest BCUT2D eigenvalue weighted by Gasteiger charge is -2.23. The number of amides is 2. The van der Waals surface area contributed by atoms with Gasteiger partial charge in [-0.15, -0.1) is 0 Å². The van der Waals surface area contributed by atoms with Gasteiger partial charge in [0, 0.05) is 25.3 Å². The van der Waals surface area contributed by atoms with Gasteiger partial charge >= 0.3 is 0 Å². The van der Waals surface area contributed by atoms with Crippen molar-refractivity contribution in [2.45, 2.75) is 20.8 Å². The van der Waals surface area contributed by atoms with Gasteiger partial charge in [0.05, 0.1) is 16.8 Å². The molecule has 2 rings (SSSR count). The molecule has 1 aromatic rings. The minimum Gasteiger partial charge on any atom is -0.398 e. The summed E-state index contributed by atoms with van der Waals surface area (Å²) in [7, 11) is 0. The third-order valence-electron chi connectivity index (χ3n) is 3.55. The molecule has 102 valence electrons. The van der Waals surface area contributed by atoms with E-state index in [1.165, 1.54) is 4.90 Å². The lowest BCUT2D eigenvalue weighted by molar-refractivity contribution is 0.0663. The van der Waals surface area contributed by atoms with Crippen molar-refractivity contribution >= 4 is 23.2 Å². The summed E-state index contributed by atoms with van der Waals surface area (Å²) in [4.78, 5) is 27.9. The molecule has 0 saturated heterocycles. The molecule has 0 aliphatic carbocycles. The van der Waals surface area contributed by atoms with Crippen LogP contribution in [-0.4, -0.2) is 36.3 Å². The maximum absolute atomic E-state index is 12.4. The molecule has 0 atom stereocenters. The molecule has 0 radical (unpaired) electrons. The van der Waals surface area contributed by atoms with Crippen molar-refractivity contribution in [1.29, 1.82) is 0 Å². The molecule has 0 fully saturated rings. The van der Waals surface area contributed by atoms with Gasteiger partial charge in [0.2, 0.25) is 0 Å². The number of rotatable bonds is 4. The van der Waals surface area contributed by atoms with Gasteiger partial charge in [-0.1, -0.05) is 0 Å². The van der Waals surface area contributed by atoms with Crippen LogP contribution in [0.5, 0.6) is 0 Å². The molecule has 0 unspecified atom stereocenters. The Morgan fingerprint density at radius 2 is 1.63 bits per heavy atom. The molecular weight excluding hydrogens is 242 g/mol. The number of imide groups is 1. The minimum absolute atomic E-state index is 0.239. The number of carbonyl (C=O) groups excluding carboxylic acids is 2. The second-order valence-electron chi connectivity index (χ2n) is 4.45. The van der Waals surface area contributed by atoms with Crippen molar-refractivity contribution in [2.24, 2.45) is 0 Å². The number of fused-ring (bicyclic) bond motifs is 1. The van der Waals surface area contributed by atoms with Crippen LogP contribution >= 0.6 is 0 Å². The Bertz CT molecular complexity index is 536. The number of nitrogens with two attached hydrogens (primary N) is 1. The van der Waals surface area contributed by atoms with E-state index in [4.69, 9.17) is 5.73 Å². The number of hydrogen-bond acceptors (Lipinski definition) is 4. The first kappa shape index (κ1) is 13.4. The van der Waals surface area contributed by atoms with Crippen LogP contribution in [0.15, 0.2) is 12.1 Å². The van der Waals surface area contributed by atoms with Gasteiger partial charge in [0.1, 0.15) is 0 Å². The number of nitrogen functional groups attached to an aromatic ring is 1. The van der Waals surface area contributed by atoms with Crippen molar-refractivity contribution in [2.75, 3.05) is 30.3 Å². The summed E-state index contributed by atoms with van der Waals surface area (Å²) in [5, 5.41) is 0. The zero-order valence-corrected chi connectivity index (χ0v) is 11.6. The van der Waals surface area contributed by atoms with Crippen LogP contribution in [0.1, 0.15) is 41.5 Å². The van der Waals surface area contributed by atoms with E-state index < -0.39 is 0 Å². The summed E-state index contributed by atoms with van der Waals surface area (Å²) in [6, 6.07) is 3.53. The molecule has 0 bridgehead atoms. The molecule has 1 aliphatic rings. The number of carbonyl (C=O) groups is 2. The highest BCUT2D eigenvalue weighted by atomic mass is 16.2. The highest BCUT2D eigenvalue weighted by molar-refractivity contribution is 6.25. The third-order valence-corrected chi connectivity index (χ3v) is 3.55. The van der Waals surface area contributed by atoms with E-state index >= 15 is 0 Å². The van der Waals surface area contributed by atoms with E-state index in [2.05, 4.69) is 4.90 Å². The second kappa shape index (κ2) is 4.91. The standard InChI is InChI=1S/C14H19N3O2/c1-4-16(5-2)10-8-7-9(15)11-12(10)14(19)17(6-3)13(11)18/h7-8H,4-6,15H2,1-3H3. The minimum atomic E-state index is -0.283. The molecule has 0 saturated carbocycles. The average molecular weight is 261 g/mol. The van der Waals surface area contributed by atoms with Crippen LogP contribution in [0.25, 0.3) is 0 Å². The summed E-state index contributed by atoms with van der Waals surface area (Å²) in [5.41, 5.74) is 7.86. The van der Waals surface area contributed by atoms with E-state index in [0.29, 0.717) is 23.4 Å². The Morgan fingerprint density at radius 1 is 1.05 bits per heavy atom. The van der Waals surface area contributed by atoms with E-state index in [-0.39, 0.29) is 11.8 Å². The van der Waals surface area contributed by atoms with Crippen molar-refractivity contribution < 1.29 is 9.59 Å². The third kappa shape index (κ3) is 1.85. The van der Waals surface area contributed by atoms with Gasteiger partial charge in [0.15, 0.2) is 0 Å². The van der Waals surface area contributed by atoms with E-state index in [9.17, 15) is 9.59 Å². The zero-order chi connectivity index (χ0) is 14.2. The summed E-state index contributed by atoms with van der Waals surface area (Å²) in [5.74, 6) is -0.522. The SMILES string of the molecule is CCN1C(=O)c2c(N)ccc(N(CC)CC)c2C1=O. The number of anilines is 2. The fourth-order valence-electron chi connectivity index (χ4n) is 2.53. The van der Waals surface area contributed by atoms with Crippen LogP contribution in [0.4, 0.5) is 11.4 Å². The second-order valence-corrected chi connectivity index (χ2v) is 4.45. The molecular formula is C14H19N3O2. The molecule has 2 N–H and O–H groups in total. The summed E-state index contributed by atoms with van der Waals surface area (Å²) >= 11 is 0. The summed E-state index contributed by atoms with van der Waals surface area (Å²) < 4.78 is 0.